The van der Waals surface area contributed by atoms with Crippen molar-refractivity contribution < 1.29 is 19.0 Å². The Kier molecular flexibility index (Phi) is 7.60. The highest BCUT2D eigenvalue weighted by atomic mass is 16.5. The quantitative estimate of drug-likeness (QED) is 0.250. The Balaban J connectivity index is 1.72. The van der Waals surface area contributed by atoms with Crippen LogP contribution in [0.4, 0.5) is 5.69 Å². The molecule has 0 atom stereocenters. The average Bonchev–Trinajstić information content (AvgIpc) is 2.82. The van der Waals surface area contributed by atoms with Crippen LogP contribution in [-0.4, -0.2) is 33.3 Å². The van der Waals surface area contributed by atoms with Gasteiger partial charge in [0.25, 0.3) is 0 Å². The Morgan fingerprint density at radius 1 is 0.806 bits per heavy atom. The molecule has 0 fully saturated rings. The normalized spacial score (nSPS) is 11.1. The van der Waals surface area contributed by atoms with E-state index < -0.39 is 0 Å². The molecule has 0 aliphatic heterocycles. The van der Waals surface area contributed by atoms with Crippen molar-refractivity contribution in [1.29, 1.82) is 0 Å². The van der Waals surface area contributed by atoms with Gasteiger partial charge in [-0.05, 0) is 35.4 Å². The first-order chi connectivity index (χ1) is 15.1. The van der Waals surface area contributed by atoms with Gasteiger partial charge in [-0.1, -0.05) is 54.6 Å². The van der Waals surface area contributed by atoms with Crippen molar-refractivity contribution in [3.8, 4) is 17.2 Å². The molecule has 0 unspecified atom stereocenters. The Hall–Kier alpha value is -3.86. The Morgan fingerprint density at radius 2 is 1.48 bits per heavy atom. The zero-order valence-corrected chi connectivity index (χ0v) is 17.9. The number of hydrogen-bond acceptors (Lipinski definition) is 5. The van der Waals surface area contributed by atoms with Crippen LogP contribution in [0.15, 0.2) is 71.7 Å². The highest BCUT2D eigenvalue weighted by Crippen LogP contribution is 2.38. The molecule has 3 rings (SSSR count). The summed E-state index contributed by atoms with van der Waals surface area (Å²) >= 11 is 0. The Bertz CT molecular complexity index is 1060. The van der Waals surface area contributed by atoms with E-state index >= 15 is 0 Å². The Morgan fingerprint density at radius 3 is 2.13 bits per heavy atom. The number of rotatable bonds is 9. The third-order valence-corrected chi connectivity index (χ3v) is 4.64. The summed E-state index contributed by atoms with van der Waals surface area (Å²) < 4.78 is 16.2. The number of methoxy groups -OCH3 is 3. The van der Waals surface area contributed by atoms with Crippen LogP contribution in [0, 0.1) is 0 Å². The summed E-state index contributed by atoms with van der Waals surface area (Å²) in [7, 11) is 4.76. The van der Waals surface area contributed by atoms with Crippen LogP contribution in [0.3, 0.4) is 0 Å². The second kappa shape index (κ2) is 10.8. The summed E-state index contributed by atoms with van der Waals surface area (Å²) in [4.78, 5) is 16.6. The molecule has 0 N–H and O–H groups in total. The highest BCUT2D eigenvalue weighted by Gasteiger charge is 2.12. The second-order valence-corrected chi connectivity index (χ2v) is 6.69. The van der Waals surface area contributed by atoms with Crippen molar-refractivity contribution >= 4 is 29.8 Å². The number of hydrogen-bond donors (Lipinski definition) is 0. The van der Waals surface area contributed by atoms with E-state index in [1.54, 1.807) is 27.5 Å². The number of carbonyl (C=O) groups is 1. The standard InChI is InChI=1S/C26H25NO4/c1-29-24-17-20(18-25(30-2)26(24)31-3)13-12-19-8-7-11-22(16-19)27-15-14-23(28)21-9-5-4-6-10-21/h4-13,15-18H,14H2,1-3H3/b13-12-,27-15?. The van der Waals surface area contributed by atoms with Crippen LogP contribution >= 0.6 is 0 Å². The van der Waals surface area contributed by atoms with Crippen LogP contribution in [-0.2, 0) is 0 Å². The van der Waals surface area contributed by atoms with Crippen molar-refractivity contribution in [2.75, 3.05) is 21.3 Å². The van der Waals surface area contributed by atoms with E-state index in [4.69, 9.17) is 14.2 Å². The molecule has 0 amide bonds. The topological polar surface area (TPSA) is 57.1 Å². The van der Waals surface area contributed by atoms with Crippen molar-refractivity contribution in [2.24, 2.45) is 4.99 Å². The van der Waals surface area contributed by atoms with Gasteiger partial charge in [0.15, 0.2) is 17.3 Å². The van der Waals surface area contributed by atoms with E-state index in [0.717, 1.165) is 16.8 Å². The molecule has 0 radical (unpaired) electrons. The number of nitrogens with zero attached hydrogens (tertiary/aromatic N) is 1. The summed E-state index contributed by atoms with van der Waals surface area (Å²) in [6.07, 6.45) is 5.86. The largest absolute Gasteiger partial charge is 0.493 e. The van der Waals surface area contributed by atoms with Gasteiger partial charge in [-0.15, -0.1) is 0 Å². The van der Waals surface area contributed by atoms with E-state index in [-0.39, 0.29) is 12.2 Å². The SMILES string of the molecule is COc1cc(/C=C\c2cccc(N=CCC(=O)c3ccccc3)c2)cc(OC)c1OC. The minimum atomic E-state index is 0.0443. The lowest BCUT2D eigenvalue weighted by Crippen LogP contribution is -1.98. The minimum Gasteiger partial charge on any atom is -0.493 e. The fourth-order valence-corrected chi connectivity index (χ4v) is 3.07. The molecule has 31 heavy (non-hydrogen) atoms. The number of aliphatic imine (C=N–C) groups is 1. The lowest BCUT2D eigenvalue weighted by Gasteiger charge is -2.12. The second-order valence-electron chi connectivity index (χ2n) is 6.69. The van der Waals surface area contributed by atoms with Crippen molar-refractivity contribution in [3.05, 3.63) is 83.4 Å². The van der Waals surface area contributed by atoms with Crippen LogP contribution in [0.2, 0.25) is 0 Å². The molecule has 3 aromatic carbocycles. The van der Waals surface area contributed by atoms with Crippen LogP contribution in [0.5, 0.6) is 17.2 Å². The van der Waals surface area contributed by atoms with E-state index in [1.165, 1.54) is 0 Å². The smallest absolute Gasteiger partial charge is 0.203 e. The molecule has 0 aromatic heterocycles. The van der Waals surface area contributed by atoms with Gasteiger partial charge in [0, 0.05) is 18.2 Å². The first-order valence-corrected chi connectivity index (χ1v) is 9.83. The predicted octanol–water partition coefficient (Wildman–Crippen LogP) is 5.86. The molecule has 0 aliphatic rings. The van der Waals surface area contributed by atoms with E-state index in [0.29, 0.717) is 22.8 Å². The molecule has 0 spiro atoms. The summed E-state index contributed by atoms with van der Waals surface area (Å²) in [5, 5.41) is 0. The molecule has 5 nitrogen and oxygen atoms in total. The van der Waals surface area contributed by atoms with Crippen molar-refractivity contribution in [3.63, 3.8) is 0 Å². The van der Waals surface area contributed by atoms with Gasteiger partial charge in [0.1, 0.15) is 0 Å². The summed E-state index contributed by atoms with van der Waals surface area (Å²) in [5.41, 5.74) is 3.37. The van der Waals surface area contributed by atoms with Gasteiger partial charge in [-0.3, -0.25) is 9.79 Å². The van der Waals surface area contributed by atoms with E-state index in [9.17, 15) is 4.79 Å². The Labute approximate surface area is 182 Å². The van der Waals surface area contributed by atoms with Crippen LogP contribution in [0.1, 0.15) is 27.9 Å². The molecule has 0 saturated heterocycles. The van der Waals surface area contributed by atoms with E-state index in [1.807, 2.05) is 78.9 Å². The molecule has 3 aromatic rings. The number of benzene rings is 3. The number of ether oxygens (including phenoxy) is 3. The minimum absolute atomic E-state index is 0.0443. The zero-order chi connectivity index (χ0) is 22.1. The lowest BCUT2D eigenvalue weighted by molar-refractivity contribution is 0.100. The lowest BCUT2D eigenvalue weighted by atomic mass is 10.1. The maximum absolute atomic E-state index is 12.2. The highest BCUT2D eigenvalue weighted by molar-refractivity contribution is 6.03. The van der Waals surface area contributed by atoms with Gasteiger partial charge >= 0.3 is 0 Å². The molecule has 5 heteroatoms. The maximum Gasteiger partial charge on any atom is 0.203 e. The molecular formula is C26H25NO4. The number of Topliss-reactive ketones (excluding diaryl/α,β-unsaturated/α-hetero) is 1. The monoisotopic (exact) mass is 415 g/mol. The van der Waals surface area contributed by atoms with Gasteiger partial charge in [-0.25, -0.2) is 0 Å². The summed E-state index contributed by atoms with van der Waals surface area (Å²) in [6.45, 7) is 0. The number of ketones is 1. The van der Waals surface area contributed by atoms with Crippen molar-refractivity contribution in [1.82, 2.24) is 0 Å². The average molecular weight is 415 g/mol. The molecule has 0 heterocycles. The van der Waals surface area contributed by atoms with Gasteiger partial charge < -0.3 is 14.2 Å². The van der Waals surface area contributed by atoms with Crippen LogP contribution < -0.4 is 14.2 Å². The molecule has 158 valence electrons. The molecule has 0 aliphatic carbocycles. The maximum atomic E-state index is 12.2. The van der Waals surface area contributed by atoms with Gasteiger partial charge in [-0.2, -0.15) is 0 Å². The third kappa shape index (κ3) is 5.82. The predicted molar refractivity (Wildman–Crippen MR) is 125 cm³/mol. The zero-order valence-electron chi connectivity index (χ0n) is 17.9. The molecule has 0 saturated carbocycles. The summed E-state index contributed by atoms with van der Waals surface area (Å²) in [5.74, 6) is 1.80. The first kappa shape index (κ1) is 21.8. The molecule has 0 bridgehead atoms. The fourth-order valence-electron chi connectivity index (χ4n) is 3.07. The number of carbonyl (C=O) groups excluding carboxylic acids is 1. The third-order valence-electron chi connectivity index (χ3n) is 4.64. The van der Waals surface area contributed by atoms with Gasteiger partial charge in [0.05, 0.1) is 27.0 Å². The van der Waals surface area contributed by atoms with Crippen LogP contribution in [0.25, 0.3) is 12.2 Å². The summed E-state index contributed by atoms with van der Waals surface area (Å²) in [6, 6.07) is 20.8. The molecular weight excluding hydrogens is 390 g/mol. The first-order valence-electron chi connectivity index (χ1n) is 9.83. The van der Waals surface area contributed by atoms with Gasteiger partial charge in [0.2, 0.25) is 5.75 Å². The van der Waals surface area contributed by atoms with E-state index in [2.05, 4.69) is 4.99 Å². The van der Waals surface area contributed by atoms with Crippen molar-refractivity contribution in [2.45, 2.75) is 6.42 Å². The fraction of sp³-hybridized carbons (Fsp3) is 0.154.